The molecule has 26 heavy (non-hydrogen) atoms. The third-order valence-corrected chi connectivity index (χ3v) is 5.61. The second-order valence-corrected chi connectivity index (χ2v) is 8.00. The lowest BCUT2D eigenvalue weighted by atomic mass is 10.2. The zero-order chi connectivity index (χ0) is 19.0. The minimum Gasteiger partial charge on any atom is -0.268 e. The van der Waals surface area contributed by atoms with Gasteiger partial charge in [0.2, 0.25) is 0 Å². The van der Waals surface area contributed by atoms with E-state index in [1.807, 2.05) is 0 Å². The molecule has 1 heterocycles. The lowest BCUT2D eigenvalue weighted by Crippen LogP contribution is -2.27. The number of anilines is 1. The summed E-state index contributed by atoms with van der Waals surface area (Å²) in [4.78, 5) is 24.7. The molecule has 0 saturated carbocycles. The van der Waals surface area contributed by atoms with Crippen LogP contribution < -0.4 is 4.90 Å². The van der Waals surface area contributed by atoms with Crippen LogP contribution in [0.15, 0.2) is 41.3 Å². The van der Waals surface area contributed by atoms with E-state index in [9.17, 15) is 14.9 Å². The van der Waals surface area contributed by atoms with Crippen molar-refractivity contribution in [3.8, 4) is 0 Å². The van der Waals surface area contributed by atoms with Gasteiger partial charge < -0.3 is 0 Å². The summed E-state index contributed by atoms with van der Waals surface area (Å²) in [6.45, 7) is 0. The summed E-state index contributed by atoms with van der Waals surface area (Å²) >= 11 is 24.5. The number of halogens is 3. The first-order chi connectivity index (χ1) is 12.3. The van der Waals surface area contributed by atoms with Crippen LogP contribution in [0.5, 0.6) is 0 Å². The Hall–Kier alpha value is -1.64. The van der Waals surface area contributed by atoms with Crippen LogP contribution in [0.3, 0.4) is 0 Å². The van der Waals surface area contributed by atoms with Crippen molar-refractivity contribution in [3.63, 3.8) is 0 Å². The van der Waals surface area contributed by atoms with Gasteiger partial charge in [0.25, 0.3) is 11.6 Å². The van der Waals surface area contributed by atoms with Crippen molar-refractivity contribution in [2.24, 2.45) is 0 Å². The molecule has 132 valence electrons. The molecule has 0 aromatic heterocycles. The largest absolute Gasteiger partial charge is 0.270 e. The SMILES string of the molecule is O=C1/C(=C\c2cc([N+](=O)[O-])ccc2Cl)SC(=S)N1c1ccc(Cl)cc1Cl. The maximum atomic E-state index is 12.8. The van der Waals surface area contributed by atoms with Gasteiger partial charge in [-0.15, -0.1) is 0 Å². The highest BCUT2D eigenvalue weighted by Crippen LogP contribution is 2.40. The fraction of sp³-hybridized carbons (Fsp3) is 0. The molecule has 1 aliphatic heterocycles. The van der Waals surface area contributed by atoms with Gasteiger partial charge in [-0.05, 0) is 30.3 Å². The number of nitro groups is 1. The van der Waals surface area contributed by atoms with E-state index in [0.717, 1.165) is 11.8 Å². The molecule has 2 aromatic carbocycles. The molecule has 1 aliphatic rings. The Balaban J connectivity index is 2.00. The number of carbonyl (C=O) groups excluding carboxylic acids is 1. The summed E-state index contributed by atoms with van der Waals surface area (Å²) in [7, 11) is 0. The lowest BCUT2D eigenvalue weighted by molar-refractivity contribution is -0.384. The van der Waals surface area contributed by atoms with E-state index in [4.69, 9.17) is 47.0 Å². The fourth-order valence-corrected chi connectivity index (χ4v) is 4.18. The van der Waals surface area contributed by atoms with E-state index in [1.165, 1.54) is 35.2 Å². The number of hydrogen-bond acceptors (Lipinski definition) is 5. The zero-order valence-corrected chi connectivity index (χ0v) is 16.5. The minimum atomic E-state index is -0.535. The smallest absolute Gasteiger partial charge is 0.268 e. The Kier molecular flexibility index (Phi) is 5.55. The second-order valence-electron chi connectivity index (χ2n) is 5.08. The predicted octanol–water partition coefficient (Wildman–Crippen LogP) is 5.96. The molecular weight excluding hydrogens is 439 g/mol. The van der Waals surface area contributed by atoms with E-state index >= 15 is 0 Å². The number of benzene rings is 2. The summed E-state index contributed by atoms with van der Waals surface area (Å²) in [6.07, 6.45) is 1.47. The first-order valence-electron chi connectivity index (χ1n) is 6.95. The topological polar surface area (TPSA) is 63.4 Å². The van der Waals surface area contributed by atoms with Gasteiger partial charge in [-0.2, -0.15) is 0 Å². The quantitative estimate of drug-likeness (QED) is 0.252. The normalized spacial score (nSPS) is 15.8. The van der Waals surface area contributed by atoms with Crippen molar-refractivity contribution in [2.45, 2.75) is 0 Å². The number of amides is 1. The lowest BCUT2D eigenvalue weighted by Gasteiger charge is -2.16. The monoisotopic (exact) mass is 444 g/mol. The van der Waals surface area contributed by atoms with Gasteiger partial charge in [0.05, 0.1) is 20.5 Å². The number of hydrogen-bond donors (Lipinski definition) is 0. The molecule has 1 fully saturated rings. The van der Waals surface area contributed by atoms with E-state index in [2.05, 4.69) is 0 Å². The fourth-order valence-electron chi connectivity index (χ4n) is 2.23. The molecule has 1 saturated heterocycles. The van der Waals surface area contributed by atoms with Gasteiger partial charge in [0.15, 0.2) is 4.32 Å². The molecule has 10 heteroatoms. The highest BCUT2D eigenvalue weighted by molar-refractivity contribution is 8.27. The standard InChI is InChI=1S/C16H7Cl3N2O3S2/c17-9-1-4-13(12(19)7-9)20-15(22)14(26-16(20)25)6-8-5-10(21(23)24)2-3-11(8)18/h1-7H/b14-6+. The number of rotatable bonds is 3. The summed E-state index contributed by atoms with van der Waals surface area (Å²) < 4.78 is 0.284. The molecule has 1 amide bonds. The van der Waals surface area contributed by atoms with Gasteiger partial charge in [0, 0.05) is 27.7 Å². The average molecular weight is 446 g/mol. The van der Waals surface area contributed by atoms with Crippen LogP contribution in [0.4, 0.5) is 11.4 Å². The van der Waals surface area contributed by atoms with Gasteiger partial charge in [0.1, 0.15) is 0 Å². The average Bonchev–Trinajstić information content (AvgIpc) is 2.84. The first-order valence-corrected chi connectivity index (χ1v) is 9.31. The molecule has 0 atom stereocenters. The molecule has 0 radical (unpaired) electrons. The number of nitro benzene ring substituents is 1. The molecule has 0 bridgehead atoms. The third kappa shape index (κ3) is 3.72. The van der Waals surface area contributed by atoms with Crippen LogP contribution in [-0.4, -0.2) is 15.2 Å². The molecule has 0 unspecified atom stereocenters. The van der Waals surface area contributed by atoms with Gasteiger partial charge in [-0.1, -0.05) is 58.8 Å². The van der Waals surface area contributed by atoms with Crippen molar-refractivity contribution in [2.75, 3.05) is 4.90 Å². The number of nitrogens with zero attached hydrogens (tertiary/aromatic N) is 2. The van der Waals surface area contributed by atoms with E-state index in [0.29, 0.717) is 16.3 Å². The van der Waals surface area contributed by atoms with Crippen LogP contribution in [0.25, 0.3) is 6.08 Å². The van der Waals surface area contributed by atoms with Crippen LogP contribution in [-0.2, 0) is 4.79 Å². The number of carbonyl (C=O) groups is 1. The molecule has 3 rings (SSSR count). The van der Waals surface area contributed by atoms with Crippen molar-refractivity contribution in [3.05, 3.63) is 72.0 Å². The van der Waals surface area contributed by atoms with Crippen molar-refractivity contribution in [1.82, 2.24) is 0 Å². The first kappa shape index (κ1) is 19.1. The molecule has 5 nitrogen and oxygen atoms in total. The summed E-state index contributed by atoms with van der Waals surface area (Å²) in [5.41, 5.74) is 0.632. The Bertz CT molecular complexity index is 995. The van der Waals surface area contributed by atoms with E-state index in [1.54, 1.807) is 12.1 Å². The van der Waals surface area contributed by atoms with E-state index < -0.39 is 10.8 Å². The van der Waals surface area contributed by atoms with Crippen molar-refractivity contribution in [1.29, 1.82) is 0 Å². The van der Waals surface area contributed by atoms with E-state index in [-0.39, 0.29) is 25.0 Å². The Labute approximate surface area is 172 Å². The third-order valence-electron chi connectivity index (χ3n) is 3.42. The Morgan fingerprint density at radius 2 is 1.85 bits per heavy atom. The molecule has 2 aromatic rings. The number of thiocarbonyl (C=S) groups is 1. The zero-order valence-electron chi connectivity index (χ0n) is 12.6. The predicted molar refractivity (Wildman–Crippen MR) is 110 cm³/mol. The molecule has 0 aliphatic carbocycles. The van der Waals surface area contributed by atoms with Crippen LogP contribution >= 0.6 is 58.8 Å². The van der Waals surface area contributed by atoms with Gasteiger partial charge in [-0.3, -0.25) is 19.8 Å². The summed E-state index contributed by atoms with van der Waals surface area (Å²) in [6, 6.07) is 8.70. The summed E-state index contributed by atoms with van der Waals surface area (Å²) in [5, 5.41) is 11.9. The Morgan fingerprint density at radius 3 is 2.50 bits per heavy atom. The maximum Gasteiger partial charge on any atom is 0.270 e. The highest BCUT2D eigenvalue weighted by atomic mass is 35.5. The molecule has 0 N–H and O–H groups in total. The van der Waals surface area contributed by atoms with Crippen LogP contribution in [0, 0.1) is 10.1 Å². The van der Waals surface area contributed by atoms with Gasteiger partial charge >= 0.3 is 0 Å². The molecular formula is C16H7Cl3N2O3S2. The maximum absolute atomic E-state index is 12.8. The minimum absolute atomic E-state index is 0.128. The van der Waals surface area contributed by atoms with Crippen LogP contribution in [0.2, 0.25) is 15.1 Å². The van der Waals surface area contributed by atoms with Crippen LogP contribution in [0.1, 0.15) is 5.56 Å². The number of thioether (sulfide) groups is 1. The van der Waals surface area contributed by atoms with Crippen molar-refractivity contribution >= 4 is 86.5 Å². The highest BCUT2D eigenvalue weighted by Gasteiger charge is 2.34. The van der Waals surface area contributed by atoms with Crippen molar-refractivity contribution < 1.29 is 9.72 Å². The Morgan fingerprint density at radius 1 is 1.12 bits per heavy atom. The second kappa shape index (κ2) is 7.54. The molecule has 0 spiro atoms. The summed E-state index contributed by atoms with van der Waals surface area (Å²) in [5.74, 6) is -0.396. The number of non-ortho nitro benzene ring substituents is 1. The van der Waals surface area contributed by atoms with Gasteiger partial charge in [-0.25, -0.2) is 0 Å².